The topological polar surface area (TPSA) is 40.6 Å². The summed E-state index contributed by atoms with van der Waals surface area (Å²) in [5.74, 6) is -0.339. The van der Waals surface area contributed by atoms with Crippen LogP contribution in [-0.4, -0.2) is 28.6 Å². The normalized spacial score (nSPS) is 19.2. The number of carbonyl (C=O) groups is 2. The molecule has 0 radical (unpaired) electrons. The average Bonchev–Trinajstić information content (AvgIpc) is 2.96. The minimum atomic E-state index is -0.339. The Hall–Kier alpha value is -2.21. The van der Waals surface area contributed by atoms with E-state index >= 15 is 0 Å². The number of fused-ring (bicyclic) bond motifs is 1. The van der Waals surface area contributed by atoms with Gasteiger partial charge in [0.25, 0.3) is 11.1 Å². The van der Waals surface area contributed by atoms with Crippen LogP contribution in [0, 0.1) is 0 Å². The fourth-order valence-corrected chi connectivity index (χ4v) is 5.11. The van der Waals surface area contributed by atoms with Crippen LogP contribution in [-0.2, 0) is 11.3 Å². The Kier molecular flexibility index (Phi) is 5.71. The smallest absolute Gasteiger partial charge is 0.293 e. The second-order valence-corrected chi connectivity index (χ2v) is 10.1. The highest BCUT2D eigenvalue weighted by Crippen LogP contribution is 2.42. The lowest BCUT2D eigenvalue weighted by Gasteiger charge is -2.40. The quantitative estimate of drug-likeness (QED) is 0.457. The van der Waals surface area contributed by atoms with Crippen molar-refractivity contribution in [1.82, 2.24) is 4.90 Å². The summed E-state index contributed by atoms with van der Waals surface area (Å²) in [7, 11) is 2.04. The number of allylic oxidation sites excluding steroid dienone is 1. The van der Waals surface area contributed by atoms with Gasteiger partial charge in [0.2, 0.25) is 0 Å². The van der Waals surface area contributed by atoms with Crippen LogP contribution in [0.2, 0.25) is 10.0 Å². The van der Waals surface area contributed by atoms with Crippen molar-refractivity contribution in [3.8, 4) is 0 Å². The molecule has 4 nitrogen and oxygen atoms in total. The maximum Gasteiger partial charge on any atom is 0.293 e. The third-order valence-electron chi connectivity index (χ3n) is 5.78. The first-order valence-corrected chi connectivity index (χ1v) is 11.4. The first kappa shape index (κ1) is 22.0. The molecule has 0 aromatic heterocycles. The fraction of sp³-hybridized carbons (Fsp3) is 0.250. The van der Waals surface area contributed by atoms with Crippen LogP contribution < -0.4 is 4.90 Å². The molecule has 2 aromatic rings. The van der Waals surface area contributed by atoms with Crippen molar-refractivity contribution < 1.29 is 9.59 Å². The van der Waals surface area contributed by atoms with Gasteiger partial charge in [0.05, 0.1) is 17.0 Å². The first-order chi connectivity index (χ1) is 14.6. The Balaban J connectivity index is 1.67. The van der Waals surface area contributed by atoms with Crippen molar-refractivity contribution in [3.05, 3.63) is 74.1 Å². The Labute approximate surface area is 196 Å². The largest absolute Gasteiger partial charge is 0.365 e. The zero-order chi connectivity index (χ0) is 22.5. The minimum Gasteiger partial charge on any atom is -0.365 e. The summed E-state index contributed by atoms with van der Waals surface area (Å²) in [6, 6.07) is 11.1. The number of hydrogen-bond acceptors (Lipinski definition) is 4. The monoisotopic (exact) mass is 472 g/mol. The van der Waals surface area contributed by atoms with E-state index in [4.69, 9.17) is 23.2 Å². The molecule has 1 fully saturated rings. The molecule has 2 aliphatic rings. The molecule has 4 rings (SSSR count). The molecule has 2 aromatic carbocycles. The number of thioether (sulfide) groups is 1. The molecule has 0 saturated carbocycles. The molecule has 2 amide bonds. The molecule has 0 spiro atoms. The van der Waals surface area contributed by atoms with Crippen LogP contribution >= 0.6 is 35.0 Å². The van der Waals surface area contributed by atoms with Crippen LogP contribution in [0.1, 0.15) is 37.5 Å². The van der Waals surface area contributed by atoms with E-state index in [0.717, 1.165) is 34.1 Å². The molecule has 2 heterocycles. The van der Waals surface area contributed by atoms with Gasteiger partial charge < -0.3 is 4.90 Å². The lowest BCUT2D eigenvalue weighted by atomic mass is 9.88. The van der Waals surface area contributed by atoms with Gasteiger partial charge in [0.15, 0.2) is 0 Å². The molecule has 2 aliphatic heterocycles. The Bertz CT molecular complexity index is 1170. The maximum atomic E-state index is 12.9. The van der Waals surface area contributed by atoms with Crippen LogP contribution in [0.25, 0.3) is 11.6 Å². The fourth-order valence-electron chi connectivity index (χ4n) is 3.87. The van der Waals surface area contributed by atoms with Crippen LogP contribution in [0.5, 0.6) is 0 Å². The van der Waals surface area contributed by atoms with Crippen molar-refractivity contribution in [2.45, 2.75) is 32.9 Å². The Morgan fingerprint density at radius 3 is 2.52 bits per heavy atom. The summed E-state index contributed by atoms with van der Waals surface area (Å²) < 4.78 is 0. The Morgan fingerprint density at radius 1 is 1.10 bits per heavy atom. The average molecular weight is 473 g/mol. The predicted molar refractivity (Wildman–Crippen MR) is 131 cm³/mol. The molecule has 0 atom stereocenters. The summed E-state index contributed by atoms with van der Waals surface area (Å²) in [4.78, 5) is 29.2. The highest BCUT2D eigenvalue weighted by atomic mass is 35.5. The second kappa shape index (κ2) is 8.05. The van der Waals surface area contributed by atoms with Crippen molar-refractivity contribution in [3.63, 3.8) is 0 Å². The molecule has 160 valence electrons. The molecule has 7 heteroatoms. The molecular formula is C24H22Cl2N2O2S. The zero-order valence-electron chi connectivity index (χ0n) is 17.7. The van der Waals surface area contributed by atoms with E-state index in [1.807, 2.05) is 37.4 Å². The van der Waals surface area contributed by atoms with Gasteiger partial charge in [-0.3, -0.25) is 14.5 Å². The second-order valence-electron chi connectivity index (χ2n) is 8.29. The Morgan fingerprint density at radius 2 is 1.81 bits per heavy atom. The number of amides is 2. The number of benzene rings is 2. The van der Waals surface area contributed by atoms with Crippen LogP contribution in [0.15, 0.2) is 47.4 Å². The van der Waals surface area contributed by atoms with E-state index in [-0.39, 0.29) is 23.2 Å². The van der Waals surface area contributed by atoms with Crippen molar-refractivity contribution in [2.75, 3.05) is 11.9 Å². The first-order valence-electron chi connectivity index (χ1n) is 9.84. The number of carbonyl (C=O) groups excluding carboxylic acids is 2. The lowest BCUT2D eigenvalue weighted by molar-refractivity contribution is -0.123. The van der Waals surface area contributed by atoms with E-state index in [0.29, 0.717) is 20.5 Å². The van der Waals surface area contributed by atoms with Crippen LogP contribution in [0.3, 0.4) is 0 Å². The third kappa shape index (κ3) is 4.02. The van der Waals surface area contributed by atoms with E-state index in [1.165, 1.54) is 4.90 Å². The van der Waals surface area contributed by atoms with Crippen molar-refractivity contribution >= 4 is 63.4 Å². The highest BCUT2D eigenvalue weighted by Gasteiger charge is 2.36. The summed E-state index contributed by atoms with van der Waals surface area (Å²) in [6.45, 7) is 6.51. The van der Waals surface area contributed by atoms with Gasteiger partial charge in [-0.15, -0.1) is 0 Å². The maximum absolute atomic E-state index is 12.9. The van der Waals surface area contributed by atoms with Crippen LogP contribution in [0.4, 0.5) is 10.5 Å². The predicted octanol–water partition coefficient (Wildman–Crippen LogP) is 6.86. The zero-order valence-corrected chi connectivity index (χ0v) is 20.0. The summed E-state index contributed by atoms with van der Waals surface area (Å²) in [5, 5.41) is 0.745. The molecule has 0 N–H and O–H groups in total. The lowest BCUT2D eigenvalue weighted by Crippen LogP contribution is -2.42. The highest BCUT2D eigenvalue weighted by molar-refractivity contribution is 8.18. The number of anilines is 1. The van der Waals surface area contributed by atoms with Gasteiger partial charge in [-0.05, 0) is 73.5 Å². The summed E-state index contributed by atoms with van der Waals surface area (Å²) in [5.41, 5.74) is 4.57. The number of rotatable bonds is 3. The van der Waals surface area contributed by atoms with E-state index in [9.17, 15) is 9.59 Å². The van der Waals surface area contributed by atoms with Gasteiger partial charge in [-0.2, -0.15) is 0 Å². The van der Waals surface area contributed by atoms with Crippen molar-refractivity contribution in [2.24, 2.45) is 0 Å². The minimum absolute atomic E-state index is 0.122. The number of likely N-dealkylation sites (N-methyl/N-ethyl adjacent to an activating group) is 1. The van der Waals surface area contributed by atoms with Gasteiger partial charge in [0.1, 0.15) is 0 Å². The molecule has 31 heavy (non-hydrogen) atoms. The third-order valence-corrected chi connectivity index (χ3v) is 7.39. The SMILES string of the molecule is CC1=CC(C)(C)N(C)c2cc(Cl)c(/C=C3/SC(=O)N(Cc4ccccc4Cl)C3=O)cc21. The molecule has 0 unspecified atom stereocenters. The van der Waals surface area contributed by atoms with E-state index in [1.54, 1.807) is 12.1 Å². The molecule has 0 bridgehead atoms. The standard InChI is InChI=1S/C24H22Cl2N2O2S/c1-14-12-24(2,3)27(4)20-11-19(26)16(9-17(14)20)10-21-22(29)28(23(30)31-21)13-15-7-5-6-8-18(15)25/h5-12H,13H2,1-4H3/b21-10+. The number of halogens is 2. The number of imide groups is 1. The van der Waals surface area contributed by atoms with Gasteiger partial charge in [-0.25, -0.2) is 0 Å². The van der Waals surface area contributed by atoms with Crippen molar-refractivity contribution in [1.29, 1.82) is 0 Å². The van der Waals surface area contributed by atoms with Gasteiger partial charge >= 0.3 is 0 Å². The summed E-state index contributed by atoms with van der Waals surface area (Å²) >= 11 is 13.7. The number of hydrogen-bond donors (Lipinski definition) is 0. The van der Waals surface area contributed by atoms with Gasteiger partial charge in [0, 0.05) is 28.3 Å². The molecule has 0 aliphatic carbocycles. The van der Waals surface area contributed by atoms with E-state index in [2.05, 4.69) is 31.7 Å². The molecular weight excluding hydrogens is 451 g/mol. The summed E-state index contributed by atoms with van der Waals surface area (Å²) in [6.07, 6.45) is 3.91. The number of nitrogens with zero attached hydrogens (tertiary/aromatic N) is 2. The molecule has 1 saturated heterocycles. The van der Waals surface area contributed by atoms with Gasteiger partial charge in [-0.1, -0.05) is 47.5 Å². The van der Waals surface area contributed by atoms with E-state index < -0.39 is 0 Å².